The minimum atomic E-state index is 0.517. The number of rotatable bonds is 6. The zero-order valence-electron chi connectivity index (χ0n) is 14.9. The van der Waals surface area contributed by atoms with Gasteiger partial charge in [-0.3, -0.25) is 9.25 Å². The van der Waals surface area contributed by atoms with Crippen molar-refractivity contribution in [3.05, 3.63) is 77.9 Å². The second kappa shape index (κ2) is 7.43. The van der Waals surface area contributed by atoms with Crippen LogP contribution in [0.4, 0.5) is 0 Å². The lowest BCUT2D eigenvalue weighted by Crippen LogP contribution is -2.01. The Morgan fingerprint density at radius 1 is 1.15 bits per heavy atom. The van der Waals surface area contributed by atoms with Gasteiger partial charge in [-0.05, 0) is 41.5 Å². The maximum absolute atomic E-state index is 8.68. The minimum absolute atomic E-state index is 0.517. The van der Waals surface area contributed by atoms with Crippen LogP contribution in [0.3, 0.4) is 0 Å². The second-order valence-electron chi connectivity index (χ2n) is 6.22. The third kappa shape index (κ3) is 3.58. The molecule has 7 heteroatoms. The van der Waals surface area contributed by atoms with E-state index in [2.05, 4.69) is 21.3 Å². The van der Waals surface area contributed by atoms with E-state index >= 15 is 0 Å². The zero-order chi connectivity index (χ0) is 18.6. The molecular weight excluding hydrogens is 342 g/mol. The smallest absolute Gasteiger partial charge is 0.100 e. The van der Waals surface area contributed by atoms with Crippen molar-refractivity contribution in [1.29, 1.82) is 0 Å². The molecule has 0 unspecified atom stereocenters. The molecule has 0 amide bonds. The summed E-state index contributed by atoms with van der Waals surface area (Å²) in [6, 6.07) is 15.9. The van der Waals surface area contributed by atoms with Crippen molar-refractivity contribution in [3.63, 3.8) is 0 Å². The zero-order valence-corrected chi connectivity index (χ0v) is 14.9. The summed E-state index contributed by atoms with van der Waals surface area (Å²) in [6.07, 6.45) is 4.94. The van der Waals surface area contributed by atoms with E-state index in [4.69, 9.17) is 9.94 Å². The molecule has 2 aromatic carbocycles. The van der Waals surface area contributed by atoms with E-state index in [1.165, 1.54) is 6.21 Å². The van der Waals surface area contributed by atoms with Gasteiger partial charge in [0.15, 0.2) is 0 Å². The van der Waals surface area contributed by atoms with Gasteiger partial charge in [-0.25, -0.2) is 4.98 Å². The number of fused-ring (bicyclic) bond motifs is 1. The van der Waals surface area contributed by atoms with Crippen molar-refractivity contribution in [2.24, 2.45) is 12.2 Å². The highest BCUT2D eigenvalue weighted by atomic mass is 16.5. The van der Waals surface area contributed by atoms with Crippen LogP contribution in [0.1, 0.15) is 16.8 Å². The van der Waals surface area contributed by atoms with Crippen molar-refractivity contribution in [1.82, 2.24) is 19.3 Å². The molecule has 0 aliphatic rings. The number of benzene rings is 2. The average molecular weight is 361 g/mol. The summed E-state index contributed by atoms with van der Waals surface area (Å²) in [6.45, 7) is 1.03. The van der Waals surface area contributed by atoms with Gasteiger partial charge in [0.25, 0.3) is 0 Å². The fourth-order valence-corrected chi connectivity index (χ4v) is 2.99. The maximum Gasteiger partial charge on any atom is 0.100 e. The molecule has 0 saturated carbocycles. The second-order valence-corrected chi connectivity index (χ2v) is 6.22. The molecule has 0 bridgehead atoms. The molecule has 1 N–H and O–H groups in total. The van der Waals surface area contributed by atoms with E-state index in [9.17, 15) is 0 Å². The van der Waals surface area contributed by atoms with Crippen LogP contribution >= 0.6 is 0 Å². The quantitative estimate of drug-likeness (QED) is 0.325. The molecule has 7 nitrogen and oxygen atoms in total. The summed E-state index contributed by atoms with van der Waals surface area (Å²) in [5.74, 6) is 0. The number of ether oxygens (including phenoxy) is 1. The lowest BCUT2D eigenvalue weighted by Gasteiger charge is -2.09. The summed E-state index contributed by atoms with van der Waals surface area (Å²) >= 11 is 0. The molecule has 2 aromatic heterocycles. The maximum atomic E-state index is 8.68. The Kier molecular flexibility index (Phi) is 4.67. The normalized spacial score (nSPS) is 11.6. The Labute approximate surface area is 156 Å². The van der Waals surface area contributed by atoms with Gasteiger partial charge in [0, 0.05) is 18.9 Å². The molecule has 4 aromatic rings. The lowest BCUT2D eigenvalue weighted by molar-refractivity contribution is 0.102. The molecule has 136 valence electrons. The van der Waals surface area contributed by atoms with Crippen LogP contribution < -0.4 is 0 Å². The molecule has 0 atom stereocenters. The van der Waals surface area contributed by atoms with Gasteiger partial charge in [-0.1, -0.05) is 23.4 Å². The molecule has 0 aliphatic heterocycles. The predicted molar refractivity (Wildman–Crippen MR) is 102 cm³/mol. The van der Waals surface area contributed by atoms with Gasteiger partial charge < -0.3 is 9.94 Å². The molecule has 2 heterocycles. The van der Waals surface area contributed by atoms with E-state index in [0.29, 0.717) is 13.2 Å². The molecule has 0 aliphatic carbocycles. The Balaban J connectivity index is 1.53. The van der Waals surface area contributed by atoms with Gasteiger partial charge in [-0.15, -0.1) is 0 Å². The van der Waals surface area contributed by atoms with Crippen molar-refractivity contribution in [2.75, 3.05) is 0 Å². The Hall–Kier alpha value is -3.45. The first-order valence-corrected chi connectivity index (χ1v) is 8.53. The van der Waals surface area contributed by atoms with Crippen LogP contribution in [-0.4, -0.2) is 30.8 Å². The van der Waals surface area contributed by atoms with Gasteiger partial charge in [-0.2, -0.15) is 5.10 Å². The summed E-state index contributed by atoms with van der Waals surface area (Å²) in [7, 11) is 1.90. The van der Waals surface area contributed by atoms with Gasteiger partial charge in [0.2, 0.25) is 0 Å². The molecule has 0 radical (unpaired) electrons. The van der Waals surface area contributed by atoms with Crippen LogP contribution in [0.15, 0.2) is 66.2 Å². The molecular formula is C20H19N5O2. The highest BCUT2D eigenvalue weighted by Crippen LogP contribution is 2.20. The van der Waals surface area contributed by atoms with Crippen molar-refractivity contribution in [3.8, 4) is 5.69 Å². The van der Waals surface area contributed by atoms with Crippen LogP contribution in [0, 0.1) is 0 Å². The molecule has 0 saturated heterocycles. The third-order valence-corrected chi connectivity index (χ3v) is 4.41. The molecule has 4 rings (SSSR count). The average Bonchev–Trinajstić information content (AvgIpc) is 3.28. The highest BCUT2D eigenvalue weighted by Gasteiger charge is 2.06. The Morgan fingerprint density at radius 2 is 2.07 bits per heavy atom. The number of hydrogen-bond donors (Lipinski definition) is 1. The molecule has 0 spiro atoms. The molecule has 27 heavy (non-hydrogen) atoms. The first kappa shape index (κ1) is 17.0. The topological polar surface area (TPSA) is 77.5 Å². The fraction of sp³-hybridized carbons (Fsp3) is 0.150. The Bertz CT molecular complexity index is 1100. The lowest BCUT2D eigenvalue weighted by atomic mass is 10.2. The SMILES string of the molecule is Cn1nccc1COCc1cccc(-n2cnc3cc(C=NO)ccc32)c1. The number of aryl methyl sites for hydroxylation is 1. The van der Waals surface area contributed by atoms with Gasteiger partial charge >= 0.3 is 0 Å². The summed E-state index contributed by atoms with van der Waals surface area (Å²) in [4.78, 5) is 4.45. The van der Waals surface area contributed by atoms with E-state index in [1.54, 1.807) is 12.5 Å². The number of hydrogen-bond acceptors (Lipinski definition) is 5. The van der Waals surface area contributed by atoms with E-state index in [1.807, 2.05) is 58.8 Å². The van der Waals surface area contributed by atoms with Crippen molar-refractivity contribution in [2.45, 2.75) is 13.2 Å². The number of aromatic nitrogens is 4. The summed E-state index contributed by atoms with van der Waals surface area (Å²) in [5.41, 5.74) is 5.76. The van der Waals surface area contributed by atoms with E-state index in [0.717, 1.165) is 33.5 Å². The fourth-order valence-electron chi connectivity index (χ4n) is 2.99. The van der Waals surface area contributed by atoms with Gasteiger partial charge in [0.1, 0.15) is 6.33 Å². The van der Waals surface area contributed by atoms with Crippen LogP contribution in [0.2, 0.25) is 0 Å². The van der Waals surface area contributed by atoms with Crippen molar-refractivity contribution >= 4 is 17.2 Å². The summed E-state index contributed by atoms with van der Waals surface area (Å²) in [5, 5.41) is 15.9. The van der Waals surface area contributed by atoms with Crippen LogP contribution in [-0.2, 0) is 25.0 Å². The number of imidazole rings is 1. The number of nitrogens with zero attached hydrogens (tertiary/aromatic N) is 5. The van der Waals surface area contributed by atoms with Crippen LogP contribution in [0.5, 0.6) is 0 Å². The van der Waals surface area contributed by atoms with Gasteiger partial charge in [0.05, 0.1) is 36.2 Å². The largest absolute Gasteiger partial charge is 0.411 e. The standard InChI is InChI=1S/C20H19N5O2/c1-24-18(7-8-22-24)13-27-12-16-3-2-4-17(9-16)25-14-21-19-10-15(11-23-26)5-6-20(19)25/h2-11,14,26H,12-13H2,1H3. The Morgan fingerprint density at radius 3 is 2.89 bits per heavy atom. The van der Waals surface area contributed by atoms with E-state index < -0.39 is 0 Å². The predicted octanol–water partition coefficient (Wildman–Crippen LogP) is 3.28. The first-order valence-electron chi connectivity index (χ1n) is 8.53. The number of oxime groups is 1. The minimum Gasteiger partial charge on any atom is -0.411 e. The third-order valence-electron chi connectivity index (χ3n) is 4.41. The van der Waals surface area contributed by atoms with Crippen molar-refractivity contribution < 1.29 is 9.94 Å². The first-order chi connectivity index (χ1) is 13.2. The molecule has 0 fully saturated rings. The monoisotopic (exact) mass is 361 g/mol. The summed E-state index contributed by atoms with van der Waals surface area (Å²) < 4.78 is 9.66. The van der Waals surface area contributed by atoms with Crippen LogP contribution in [0.25, 0.3) is 16.7 Å². The highest BCUT2D eigenvalue weighted by molar-refractivity contribution is 5.87. The van der Waals surface area contributed by atoms with E-state index in [-0.39, 0.29) is 0 Å².